The van der Waals surface area contributed by atoms with Crippen LogP contribution >= 0.6 is 0 Å². The summed E-state index contributed by atoms with van der Waals surface area (Å²) in [5.74, 6) is -0.366. The Kier molecular flexibility index (Phi) is 3.21. The zero-order valence-corrected chi connectivity index (χ0v) is 10.5. The lowest BCUT2D eigenvalue weighted by Gasteiger charge is -2.25. The third kappa shape index (κ3) is 2.33. The van der Waals surface area contributed by atoms with Crippen molar-refractivity contribution in [1.82, 2.24) is 4.98 Å². The van der Waals surface area contributed by atoms with E-state index in [1.807, 2.05) is 6.07 Å². The Labute approximate surface area is 110 Å². The first-order valence-corrected chi connectivity index (χ1v) is 6.42. The first-order valence-electron chi connectivity index (χ1n) is 6.42. The SMILES string of the molecule is Nc1cc(F)c(NC2CCCOC2)c2ncccc12. The molecule has 0 aliphatic carbocycles. The molecule has 4 nitrogen and oxygen atoms in total. The molecule has 3 rings (SSSR count). The van der Waals surface area contributed by atoms with E-state index in [1.54, 1.807) is 12.3 Å². The van der Waals surface area contributed by atoms with Crippen molar-refractivity contribution in [3.05, 3.63) is 30.2 Å². The Bertz CT molecular complexity index is 597. The number of nitrogens with two attached hydrogens (primary N) is 1. The molecule has 0 radical (unpaired) electrons. The van der Waals surface area contributed by atoms with Crippen LogP contribution in [0.25, 0.3) is 10.9 Å². The van der Waals surface area contributed by atoms with Gasteiger partial charge in [0.1, 0.15) is 0 Å². The highest BCUT2D eigenvalue weighted by Gasteiger charge is 2.18. The molecule has 1 aromatic carbocycles. The number of pyridine rings is 1. The van der Waals surface area contributed by atoms with Gasteiger partial charge in [0.2, 0.25) is 0 Å². The van der Waals surface area contributed by atoms with E-state index in [4.69, 9.17) is 10.5 Å². The fourth-order valence-electron chi connectivity index (χ4n) is 2.43. The number of hydrogen-bond acceptors (Lipinski definition) is 4. The molecule has 2 aromatic rings. The molecule has 19 heavy (non-hydrogen) atoms. The van der Waals surface area contributed by atoms with Crippen molar-refractivity contribution in [3.63, 3.8) is 0 Å². The van der Waals surface area contributed by atoms with Gasteiger partial charge in [-0.15, -0.1) is 0 Å². The topological polar surface area (TPSA) is 60.2 Å². The number of hydrogen-bond donors (Lipinski definition) is 2. The summed E-state index contributed by atoms with van der Waals surface area (Å²) < 4.78 is 19.5. The Hall–Kier alpha value is -1.88. The molecule has 0 saturated carbocycles. The van der Waals surface area contributed by atoms with Crippen molar-refractivity contribution in [1.29, 1.82) is 0 Å². The van der Waals surface area contributed by atoms with E-state index >= 15 is 0 Å². The second-order valence-corrected chi connectivity index (χ2v) is 4.78. The van der Waals surface area contributed by atoms with Crippen molar-refractivity contribution in [2.75, 3.05) is 24.3 Å². The van der Waals surface area contributed by atoms with E-state index in [-0.39, 0.29) is 11.9 Å². The molecular formula is C14H16FN3O. The van der Waals surface area contributed by atoms with E-state index in [2.05, 4.69) is 10.3 Å². The molecule has 2 heterocycles. The van der Waals surface area contributed by atoms with Gasteiger partial charge in [0, 0.05) is 29.9 Å². The minimum Gasteiger partial charge on any atom is -0.398 e. The zero-order valence-electron chi connectivity index (χ0n) is 10.5. The van der Waals surface area contributed by atoms with Gasteiger partial charge < -0.3 is 15.8 Å². The minimum absolute atomic E-state index is 0.122. The minimum atomic E-state index is -0.366. The number of halogens is 1. The third-order valence-corrected chi connectivity index (χ3v) is 3.39. The maximum absolute atomic E-state index is 14.1. The normalized spacial score (nSPS) is 19.5. The highest BCUT2D eigenvalue weighted by Crippen LogP contribution is 2.30. The van der Waals surface area contributed by atoms with E-state index in [1.165, 1.54) is 6.07 Å². The van der Waals surface area contributed by atoms with Gasteiger partial charge in [-0.1, -0.05) is 0 Å². The largest absolute Gasteiger partial charge is 0.398 e. The maximum atomic E-state index is 14.1. The maximum Gasteiger partial charge on any atom is 0.150 e. The molecule has 1 fully saturated rings. The summed E-state index contributed by atoms with van der Waals surface area (Å²) in [6.45, 7) is 1.37. The van der Waals surface area contributed by atoms with E-state index < -0.39 is 0 Å². The number of nitrogens with one attached hydrogen (secondary N) is 1. The molecule has 0 amide bonds. The van der Waals surface area contributed by atoms with Crippen LogP contribution in [0.5, 0.6) is 0 Å². The van der Waals surface area contributed by atoms with Crippen LogP contribution in [-0.2, 0) is 4.74 Å². The summed E-state index contributed by atoms with van der Waals surface area (Å²) in [5.41, 5.74) is 7.23. The number of nitrogen functional groups attached to an aromatic ring is 1. The number of nitrogens with zero attached hydrogens (tertiary/aromatic N) is 1. The van der Waals surface area contributed by atoms with Gasteiger partial charge in [0.25, 0.3) is 0 Å². The van der Waals surface area contributed by atoms with Crippen LogP contribution < -0.4 is 11.1 Å². The standard InChI is InChI=1S/C14H16FN3O/c15-11-7-12(16)10-4-1-5-17-13(10)14(11)18-9-3-2-6-19-8-9/h1,4-5,7,9,18H,2-3,6,8,16H2. The first kappa shape index (κ1) is 12.2. The van der Waals surface area contributed by atoms with Gasteiger partial charge in [-0.2, -0.15) is 0 Å². The molecule has 1 unspecified atom stereocenters. The average molecular weight is 261 g/mol. The van der Waals surface area contributed by atoms with Crippen molar-refractivity contribution >= 4 is 22.3 Å². The number of rotatable bonds is 2. The Morgan fingerprint density at radius 3 is 3.16 bits per heavy atom. The monoisotopic (exact) mass is 261 g/mol. The smallest absolute Gasteiger partial charge is 0.150 e. The Morgan fingerprint density at radius 2 is 2.37 bits per heavy atom. The van der Waals surface area contributed by atoms with Crippen LogP contribution in [0.15, 0.2) is 24.4 Å². The van der Waals surface area contributed by atoms with Gasteiger partial charge in [0.05, 0.1) is 17.8 Å². The molecule has 0 bridgehead atoms. The molecule has 100 valence electrons. The molecule has 1 aromatic heterocycles. The number of aromatic nitrogens is 1. The van der Waals surface area contributed by atoms with E-state index in [0.29, 0.717) is 23.5 Å². The number of benzene rings is 1. The summed E-state index contributed by atoms with van der Waals surface area (Å²) in [7, 11) is 0. The van der Waals surface area contributed by atoms with E-state index in [9.17, 15) is 4.39 Å². The van der Waals surface area contributed by atoms with Gasteiger partial charge >= 0.3 is 0 Å². The lowest BCUT2D eigenvalue weighted by molar-refractivity contribution is 0.0875. The second kappa shape index (κ2) is 5.01. The number of fused-ring (bicyclic) bond motifs is 1. The highest BCUT2D eigenvalue weighted by atomic mass is 19.1. The number of anilines is 2. The predicted octanol–water partition coefficient (Wildman–Crippen LogP) is 2.55. The number of ether oxygens (including phenoxy) is 1. The molecule has 1 atom stereocenters. The Balaban J connectivity index is 2.01. The molecule has 1 aliphatic heterocycles. The quantitative estimate of drug-likeness (QED) is 0.816. The molecular weight excluding hydrogens is 245 g/mol. The summed E-state index contributed by atoms with van der Waals surface area (Å²) in [4.78, 5) is 4.25. The van der Waals surface area contributed by atoms with Gasteiger partial charge in [-0.3, -0.25) is 4.98 Å². The van der Waals surface area contributed by atoms with Crippen molar-refractivity contribution in [2.45, 2.75) is 18.9 Å². The third-order valence-electron chi connectivity index (χ3n) is 3.39. The molecule has 1 aliphatic rings. The van der Waals surface area contributed by atoms with Crippen molar-refractivity contribution in [3.8, 4) is 0 Å². The summed E-state index contributed by atoms with van der Waals surface area (Å²) in [5, 5.41) is 3.97. The van der Waals surface area contributed by atoms with Gasteiger partial charge in [0.15, 0.2) is 5.82 Å². The summed E-state index contributed by atoms with van der Waals surface area (Å²) in [6, 6.07) is 5.11. The molecule has 0 spiro atoms. The molecule has 1 saturated heterocycles. The lowest BCUT2D eigenvalue weighted by atomic mass is 10.1. The van der Waals surface area contributed by atoms with Crippen LogP contribution in [-0.4, -0.2) is 24.2 Å². The Morgan fingerprint density at radius 1 is 1.47 bits per heavy atom. The highest BCUT2D eigenvalue weighted by molar-refractivity contribution is 5.98. The molecule has 5 heteroatoms. The van der Waals surface area contributed by atoms with Crippen LogP contribution in [0.2, 0.25) is 0 Å². The fourth-order valence-corrected chi connectivity index (χ4v) is 2.43. The molecule has 3 N–H and O–H groups in total. The van der Waals surface area contributed by atoms with Gasteiger partial charge in [-0.05, 0) is 31.0 Å². The zero-order chi connectivity index (χ0) is 13.2. The average Bonchev–Trinajstić information content (AvgIpc) is 2.45. The van der Waals surface area contributed by atoms with E-state index in [0.717, 1.165) is 24.8 Å². The van der Waals surface area contributed by atoms with Crippen LogP contribution in [0.4, 0.5) is 15.8 Å². The fraction of sp³-hybridized carbons (Fsp3) is 0.357. The van der Waals surface area contributed by atoms with Gasteiger partial charge in [-0.25, -0.2) is 4.39 Å². The van der Waals surface area contributed by atoms with Crippen molar-refractivity contribution < 1.29 is 9.13 Å². The van der Waals surface area contributed by atoms with Crippen LogP contribution in [0.3, 0.4) is 0 Å². The lowest BCUT2D eigenvalue weighted by Crippen LogP contribution is -2.30. The second-order valence-electron chi connectivity index (χ2n) is 4.78. The summed E-state index contributed by atoms with van der Waals surface area (Å²) >= 11 is 0. The summed E-state index contributed by atoms with van der Waals surface area (Å²) in [6.07, 6.45) is 3.60. The van der Waals surface area contributed by atoms with Crippen LogP contribution in [0, 0.1) is 5.82 Å². The van der Waals surface area contributed by atoms with Crippen molar-refractivity contribution in [2.24, 2.45) is 0 Å². The predicted molar refractivity (Wildman–Crippen MR) is 73.6 cm³/mol. The van der Waals surface area contributed by atoms with Crippen LogP contribution in [0.1, 0.15) is 12.8 Å². The first-order chi connectivity index (χ1) is 9.25.